The van der Waals surface area contributed by atoms with Crippen molar-refractivity contribution in [3.63, 3.8) is 0 Å². The predicted molar refractivity (Wildman–Crippen MR) is 61.9 cm³/mol. The molecular weight excluding hydrogens is 354 g/mol. The average Bonchev–Trinajstić information content (AvgIpc) is 1.82. The van der Waals surface area contributed by atoms with E-state index >= 15 is 0 Å². The Morgan fingerprint density at radius 2 is 2.17 bits per heavy atom. The first-order chi connectivity index (χ1) is 5.52. The largest absolute Gasteiger partial charge is 0.294 e. The highest BCUT2D eigenvalue weighted by Crippen LogP contribution is 2.27. The van der Waals surface area contributed by atoms with Crippen molar-refractivity contribution in [1.82, 2.24) is 0 Å². The van der Waals surface area contributed by atoms with Gasteiger partial charge in [0, 0.05) is 18.6 Å². The Morgan fingerprint density at radius 3 is 2.58 bits per heavy atom. The van der Waals surface area contributed by atoms with E-state index in [1.165, 1.54) is 6.92 Å². The quantitative estimate of drug-likeness (QED) is 0.549. The zero-order chi connectivity index (χ0) is 9.30. The maximum Gasteiger partial charge on any atom is 0.162 e. The number of hydrogen-bond acceptors (Lipinski definition) is 1. The number of rotatable bonds is 1. The molecule has 0 saturated carbocycles. The van der Waals surface area contributed by atoms with Crippen molar-refractivity contribution < 1.29 is 4.79 Å². The summed E-state index contributed by atoms with van der Waals surface area (Å²) in [6.07, 6.45) is 0. The van der Waals surface area contributed by atoms with E-state index in [4.69, 9.17) is 11.6 Å². The molecule has 1 nitrogen and oxygen atoms in total. The molecule has 0 saturated heterocycles. The molecule has 0 unspecified atom stereocenters. The van der Waals surface area contributed by atoms with Crippen LogP contribution in [-0.2, 0) is 0 Å². The first-order valence-corrected chi connectivity index (χ1v) is 5.43. The SMILES string of the molecule is CC(=O)c1c(Br)cc(Cl)cc1I. The number of carbonyl (C=O) groups is 1. The third kappa shape index (κ3) is 2.20. The van der Waals surface area contributed by atoms with Gasteiger partial charge in [0.2, 0.25) is 0 Å². The van der Waals surface area contributed by atoms with Crippen LogP contribution in [0.25, 0.3) is 0 Å². The van der Waals surface area contributed by atoms with Gasteiger partial charge in [0.1, 0.15) is 0 Å². The number of halogens is 3. The van der Waals surface area contributed by atoms with Gasteiger partial charge in [0.15, 0.2) is 5.78 Å². The molecule has 0 aliphatic heterocycles. The molecule has 0 aliphatic rings. The van der Waals surface area contributed by atoms with Crippen LogP contribution >= 0.6 is 50.1 Å². The van der Waals surface area contributed by atoms with Crippen molar-refractivity contribution in [2.75, 3.05) is 0 Å². The normalized spacial score (nSPS) is 10.0. The Morgan fingerprint density at radius 1 is 1.58 bits per heavy atom. The second kappa shape index (κ2) is 4.07. The molecule has 1 aromatic carbocycles. The Kier molecular flexibility index (Phi) is 3.55. The molecule has 0 aliphatic carbocycles. The fourth-order valence-corrected chi connectivity index (χ4v) is 3.53. The summed E-state index contributed by atoms with van der Waals surface area (Å²) < 4.78 is 1.63. The summed E-state index contributed by atoms with van der Waals surface area (Å²) in [5, 5.41) is 0.635. The van der Waals surface area contributed by atoms with Crippen molar-refractivity contribution in [1.29, 1.82) is 0 Å². The van der Waals surface area contributed by atoms with Crippen LogP contribution in [0.1, 0.15) is 17.3 Å². The van der Waals surface area contributed by atoms with Gasteiger partial charge in [-0.3, -0.25) is 4.79 Å². The van der Waals surface area contributed by atoms with Gasteiger partial charge in [0.25, 0.3) is 0 Å². The molecule has 4 heteroatoms. The van der Waals surface area contributed by atoms with E-state index < -0.39 is 0 Å². The summed E-state index contributed by atoms with van der Waals surface area (Å²) in [6, 6.07) is 3.49. The van der Waals surface area contributed by atoms with E-state index in [-0.39, 0.29) is 5.78 Å². The lowest BCUT2D eigenvalue weighted by Crippen LogP contribution is -1.97. The van der Waals surface area contributed by atoms with Crippen LogP contribution in [0.2, 0.25) is 5.02 Å². The summed E-state index contributed by atoms with van der Waals surface area (Å²) >= 11 is 11.2. The molecule has 0 aromatic heterocycles. The van der Waals surface area contributed by atoms with Gasteiger partial charge in [0.05, 0.1) is 0 Å². The summed E-state index contributed by atoms with van der Waals surface area (Å²) in [5.74, 6) is 0.0444. The van der Waals surface area contributed by atoms with Gasteiger partial charge in [-0.1, -0.05) is 11.6 Å². The van der Waals surface area contributed by atoms with Crippen LogP contribution in [0.5, 0.6) is 0 Å². The first kappa shape index (κ1) is 10.5. The maximum atomic E-state index is 11.1. The third-order valence-electron chi connectivity index (χ3n) is 1.36. The lowest BCUT2D eigenvalue weighted by molar-refractivity contribution is 0.101. The summed E-state index contributed by atoms with van der Waals surface area (Å²) in [6.45, 7) is 1.54. The molecule has 0 N–H and O–H groups in total. The summed E-state index contributed by atoms with van der Waals surface area (Å²) in [4.78, 5) is 11.1. The highest BCUT2D eigenvalue weighted by atomic mass is 127. The van der Waals surface area contributed by atoms with E-state index in [1.807, 2.05) is 0 Å². The minimum absolute atomic E-state index is 0.0444. The zero-order valence-corrected chi connectivity index (χ0v) is 10.7. The number of Topliss-reactive ketones (excluding diaryl/α,β-unsaturated/α-hetero) is 1. The van der Waals surface area contributed by atoms with Gasteiger partial charge in [-0.25, -0.2) is 0 Å². The highest BCUT2D eigenvalue weighted by molar-refractivity contribution is 14.1. The van der Waals surface area contributed by atoms with Gasteiger partial charge < -0.3 is 0 Å². The van der Waals surface area contributed by atoms with Gasteiger partial charge in [-0.15, -0.1) is 0 Å². The van der Waals surface area contributed by atoms with Gasteiger partial charge in [-0.2, -0.15) is 0 Å². The van der Waals surface area contributed by atoms with Crippen LogP contribution in [0.15, 0.2) is 16.6 Å². The molecule has 1 aromatic rings. The highest BCUT2D eigenvalue weighted by Gasteiger charge is 2.10. The molecule has 0 heterocycles. The Labute approximate surface area is 97.8 Å². The zero-order valence-electron chi connectivity index (χ0n) is 6.20. The van der Waals surface area contributed by atoms with Crippen molar-refractivity contribution >= 4 is 55.9 Å². The standard InChI is InChI=1S/C8H5BrClIO/c1-4(12)8-6(9)2-5(10)3-7(8)11/h2-3H,1H3. The fourth-order valence-electron chi connectivity index (χ4n) is 0.879. The van der Waals surface area contributed by atoms with Crippen molar-refractivity contribution in [2.45, 2.75) is 6.92 Å². The van der Waals surface area contributed by atoms with Crippen LogP contribution in [0.3, 0.4) is 0 Å². The monoisotopic (exact) mass is 358 g/mol. The van der Waals surface area contributed by atoms with Crippen molar-refractivity contribution in [3.8, 4) is 0 Å². The smallest absolute Gasteiger partial charge is 0.162 e. The number of benzene rings is 1. The van der Waals surface area contributed by atoms with Crippen LogP contribution in [0, 0.1) is 3.57 Å². The maximum absolute atomic E-state index is 11.1. The number of hydrogen-bond donors (Lipinski definition) is 0. The molecule has 0 bridgehead atoms. The average molecular weight is 359 g/mol. The Bertz CT molecular complexity index is 315. The molecule has 1 rings (SSSR count). The second-order valence-electron chi connectivity index (χ2n) is 2.30. The molecule has 0 amide bonds. The van der Waals surface area contributed by atoms with Gasteiger partial charge >= 0.3 is 0 Å². The van der Waals surface area contributed by atoms with Crippen LogP contribution < -0.4 is 0 Å². The Balaban J connectivity index is 3.38. The molecule has 0 fully saturated rings. The molecular formula is C8H5BrClIO. The van der Waals surface area contributed by atoms with E-state index in [0.29, 0.717) is 10.6 Å². The lowest BCUT2D eigenvalue weighted by atomic mass is 10.1. The molecule has 0 atom stereocenters. The molecule has 0 spiro atoms. The fraction of sp³-hybridized carbons (Fsp3) is 0.125. The topological polar surface area (TPSA) is 17.1 Å². The molecule has 12 heavy (non-hydrogen) atoms. The van der Waals surface area contributed by atoms with Crippen molar-refractivity contribution in [2.24, 2.45) is 0 Å². The van der Waals surface area contributed by atoms with E-state index in [1.54, 1.807) is 12.1 Å². The van der Waals surface area contributed by atoms with Crippen LogP contribution in [-0.4, -0.2) is 5.78 Å². The first-order valence-electron chi connectivity index (χ1n) is 3.18. The van der Waals surface area contributed by atoms with E-state index in [0.717, 1.165) is 8.04 Å². The molecule has 0 radical (unpaired) electrons. The van der Waals surface area contributed by atoms with Crippen LogP contribution in [0.4, 0.5) is 0 Å². The van der Waals surface area contributed by atoms with Gasteiger partial charge in [-0.05, 0) is 57.6 Å². The summed E-state index contributed by atoms with van der Waals surface area (Å²) in [7, 11) is 0. The lowest BCUT2D eigenvalue weighted by Gasteiger charge is -2.03. The van der Waals surface area contributed by atoms with E-state index in [9.17, 15) is 4.79 Å². The summed E-state index contributed by atoms with van der Waals surface area (Å²) in [5.41, 5.74) is 0.694. The van der Waals surface area contributed by atoms with E-state index in [2.05, 4.69) is 38.5 Å². The van der Waals surface area contributed by atoms with Crippen molar-refractivity contribution in [3.05, 3.63) is 30.8 Å². The Hall–Kier alpha value is 0.390. The minimum Gasteiger partial charge on any atom is -0.294 e. The number of ketones is 1. The molecule has 64 valence electrons. The number of carbonyl (C=O) groups excluding carboxylic acids is 1. The second-order valence-corrected chi connectivity index (χ2v) is 4.75. The predicted octanol–water partition coefficient (Wildman–Crippen LogP) is 3.91. The minimum atomic E-state index is 0.0444. The third-order valence-corrected chi connectivity index (χ3v) is 3.05.